The van der Waals surface area contributed by atoms with Gasteiger partial charge in [0.2, 0.25) is 3.79 Å². The summed E-state index contributed by atoms with van der Waals surface area (Å²) in [6.45, 7) is 3.20. The molecule has 3 aliphatic rings. The van der Waals surface area contributed by atoms with Gasteiger partial charge in [0.15, 0.2) is 0 Å². The Morgan fingerprint density at radius 1 is 1.31 bits per heavy atom. The fraction of sp³-hybridized carbons (Fsp3) is 0.591. The second-order valence-corrected chi connectivity index (χ2v) is 13.8. The van der Waals surface area contributed by atoms with Crippen molar-refractivity contribution < 1.29 is 29.0 Å². The summed E-state index contributed by atoms with van der Waals surface area (Å²) >= 11 is 22.0. The van der Waals surface area contributed by atoms with Crippen LogP contribution in [0.2, 0.25) is 0 Å². The third-order valence-corrected chi connectivity index (χ3v) is 9.84. The molecule has 2 saturated heterocycles. The van der Waals surface area contributed by atoms with Gasteiger partial charge in [-0.25, -0.2) is 9.59 Å². The summed E-state index contributed by atoms with van der Waals surface area (Å²) in [6, 6.07) is 4.10. The number of esters is 1. The number of carbonyl (C=O) groups is 3. The third-order valence-electron chi connectivity index (χ3n) is 6.34. The Kier molecular flexibility index (Phi) is 7.71. The molecule has 0 aromatic heterocycles. The average Bonchev–Trinajstić information content (AvgIpc) is 3.60. The monoisotopic (exact) mass is 628 g/mol. The van der Waals surface area contributed by atoms with Gasteiger partial charge >= 0.3 is 12.1 Å². The van der Waals surface area contributed by atoms with Crippen molar-refractivity contribution in [2.45, 2.75) is 58.8 Å². The largest absolute Gasteiger partial charge is 0.508 e. The molecule has 8 nitrogen and oxygen atoms in total. The Morgan fingerprint density at radius 3 is 2.49 bits per heavy atom. The van der Waals surface area contributed by atoms with Crippen LogP contribution >= 0.6 is 62.5 Å². The lowest BCUT2D eigenvalue weighted by molar-refractivity contribution is -0.162. The van der Waals surface area contributed by atoms with Crippen LogP contribution in [0, 0.1) is 5.92 Å². The van der Waals surface area contributed by atoms with Crippen molar-refractivity contribution in [1.29, 1.82) is 0 Å². The highest BCUT2D eigenvalue weighted by Crippen LogP contribution is 2.54. The predicted octanol–water partition coefficient (Wildman–Crippen LogP) is 4.85. The summed E-state index contributed by atoms with van der Waals surface area (Å²) in [5.74, 6) is -0.786. The van der Waals surface area contributed by atoms with Crippen molar-refractivity contribution in [1.82, 2.24) is 4.90 Å². The fourth-order valence-electron chi connectivity index (χ4n) is 4.31. The van der Waals surface area contributed by atoms with Crippen molar-refractivity contribution in [2.24, 2.45) is 5.92 Å². The minimum absolute atomic E-state index is 0.0221. The number of aromatic hydroxyl groups is 1. The number of fused-ring (bicyclic) bond motifs is 1. The maximum atomic E-state index is 13.5. The van der Waals surface area contributed by atoms with E-state index in [0.717, 1.165) is 12.8 Å². The number of hydrogen-bond acceptors (Lipinski definition) is 7. The summed E-state index contributed by atoms with van der Waals surface area (Å²) in [5, 5.41) is 9.56. The maximum Gasteiger partial charge on any atom is 0.415 e. The first-order valence-corrected chi connectivity index (χ1v) is 14.1. The topological polar surface area (TPSA) is 96.4 Å². The molecule has 192 valence electrons. The molecule has 1 aromatic carbocycles. The number of hydrogen-bond donors (Lipinski definition) is 1. The normalized spacial score (nSPS) is 28.7. The Bertz CT molecular complexity index is 1010. The van der Waals surface area contributed by atoms with E-state index in [1.54, 1.807) is 12.1 Å². The summed E-state index contributed by atoms with van der Waals surface area (Å²) in [6.07, 6.45) is 1.03. The highest BCUT2D eigenvalue weighted by molar-refractivity contribution is 9.09. The summed E-state index contributed by atoms with van der Waals surface area (Å²) in [5.41, 5.74) is 0.400. The van der Waals surface area contributed by atoms with Crippen LogP contribution in [0.15, 0.2) is 24.3 Å². The van der Waals surface area contributed by atoms with Crippen molar-refractivity contribution in [3.63, 3.8) is 0 Å². The molecule has 0 bridgehead atoms. The Balaban J connectivity index is 1.61. The number of benzene rings is 1. The third kappa shape index (κ3) is 5.46. The second-order valence-electron chi connectivity index (χ2n) is 9.08. The predicted molar refractivity (Wildman–Crippen MR) is 139 cm³/mol. The van der Waals surface area contributed by atoms with Crippen LogP contribution in [0.3, 0.4) is 0 Å². The molecular formula is C22H24BrCl3N2O6S. The number of phenolic OH excluding ortho intramolecular Hbond substituents is 1. The first-order valence-electron chi connectivity index (χ1n) is 10.9. The standard InChI is InChI=1S/C22H24BrCl3N2O6S/c1-11(12-3-4-12)34-20(32)27(13-5-7-14(29)8-6-13)15-17(30)28-16(19(31)33-10-22(24,25)26)21(2,9-23)35-18(15)28/h5-8,11-12,15-16,18,29H,3-4,9-10H2,1-2H3. The SMILES string of the molecule is CC(OC(=O)N(c1ccc(O)cc1)C1C(=O)N2C1SC(C)(CBr)C2C(=O)OCC(Cl)(Cl)Cl)C1CC1. The Morgan fingerprint density at radius 2 is 1.94 bits per heavy atom. The van der Waals surface area contributed by atoms with Crippen molar-refractivity contribution in [2.75, 3.05) is 16.8 Å². The number of thioether (sulfide) groups is 1. The molecule has 1 saturated carbocycles. The molecule has 3 fully saturated rings. The zero-order valence-corrected chi connectivity index (χ0v) is 23.5. The first-order chi connectivity index (χ1) is 16.4. The molecule has 2 aliphatic heterocycles. The van der Waals surface area contributed by atoms with E-state index in [0.29, 0.717) is 16.9 Å². The molecule has 2 heterocycles. The van der Waals surface area contributed by atoms with Gasteiger partial charge < -0.3 is 19.5 Å². The number of nitrogens with zero attached hydrogens (tertiary/aromatic N) is 2. The molecule has 1 aromatic rings. The van der Waals surface area contributed by atoms with E-state index in [1.807, 2.05) is 13.8 Å². The molecular weight excluding hydrogens is 607 g/mol. The van der Waals surface area contributed by atoms with Gasteiger partial charge in [-0.1, -0.05) is 50.7 Å². The average molecular weight is 631 g/mol. The lowest BCUT2D eigenvalue weighted by Crippen LogP contribution is -2.72. The van der Waals surface area contributed by atoms with Crippen LogP contribution in [-0.2, 0) is 19.1 Å². The zero-order valence-electron chi connectivity index (χ0n) is 18.8. The number of alkyl halides is 4. The van der Waals surface area contributed by atoms with Gasteiger partial charge in [-0.3, -0.25) is 9.69 Å². The number of rotatable bonds is 7. The van der Waals surface area contributed by atoms with E-state index in [-0.39, 0.29) is 11.9 Å². The first kappa shape index (κ1) is 27.0. The smallest absolute Gasteiger partial charge is 0.415 e. The molecule has 0 radical (unpaired) electrons. The second kappa shape index (κ2) is 10.0. The molecule has 13 heteroatoms. The number of carbonyl (C=O) groups excluding carboxylic acids is 3. The molecule has 5 atom stereocenters. The maximum absolute atomic E-state index is 13.5. The van der Waals surface area contributed by atoms with E-state index >= 15 is 0 Å². The number of amides is 2. The number of β-lactam (4-membered cyclic amide) rings is 1. The van der Waals surface area contributed by atoms with Gasteiger partial charge in [-0.2, -0.15) is 0 Å². The summed E-state index contributed by atoms with van der Waals surface area (Å²) < 4.78 is 8.38. The lowest BCUT2D eigenvalue weighted by Gasteiger charge is -2.48. The highest BCUT2D eigenvalue weighted by Gasteiger charge is 2.67. The van der Waals surface area contributed by atoms with E-state index in [4.69, 9.17) is 44.3 Å². The number of phenols is 1. The molecule has 5 unspecified atom stereocenters. The van der Waals surface area contributed by atoms with Crippen LogP contribution < -0.4 is 4.90 Å². The number of halogens is 4. The van der Waals surface area contributed by atoms with Gasteiger partial charge in [0.05, 0.1) is 4.75 Å². The van der Waals surface area contributed by atoms with Gasteiger partial charge in [-0.05, 0) is 56.9 Å². The van der Waals surface area contributed by atoms with Crippen molar-refractivity contribution in [3.05, 3.63) is 24.3 Å². The van der Waals surface area contributed by atoms with Crippen LogP contribution in [-0.4, -0.2) is 72.0 Å². The van der Waals surface area contributed by atoms with Crippen molar-refractivity contribution >= 4 is 86.2 Å². The van der Waals surface area contributed by atoms with Gasteiger partial charge in [0.1, 0.15) is 35.9 Å². The molecule has 4 rings (SSSR count). The van der Waals surface area contributed by atoms with E-state index in [9.17, 15) is 19.5 Å². The molecule has 1 aliphatic carbocycles. The van der Waals surface area contributed by atoms with Crippen LogP contribution in [0.4, 0.5) is 10.5 Å². The summed E-state index contributed by atoms with van der Waals surface area (Å²) in [4.78, 5) is 42.5. The molecule has 2 amide bonds. The Hall–Kier alpha value is -1.07. The van der Waals surface area contributed by atoms with E-state index in [2.05, 4.69) is 15.9 Å². The molecule has 35 heavy (non-hydrogen) atoms. The minimum Gasteiger partial charge on any atom is -0.508 e. The minimum atomic E-state index is -1.79. The van der Waals surface area contributed by atoms with E-state index in [1.165, 1.54) is 33.7 Å². The lowest BCUT2D eigenvalue weighted by atomic mass is 9.95. The van der Waals surface area contributed by atoms with E-state index < -0.39 is 50.6 Å². The quantitative estimate of drug-likeness (QED) is 0.261. The number of ether oxygens (including phenoxy) is 2. The van der Waals surface area contributed by atoms with Crippen LogP contribution in [0.25, 0.3) is 0 Å². The van der Waals surface area contributed by atoms with Crippen molar-refractivity contribution in [3.8, 4) is 5.75 Å². The summed E-state index contributed by atoms with van der Waals surface area (Å²) in [7, 11) is 0. The van der Waals surface area contributed by atoms with Gasteiger partial charge in [0.25, 0.3) is 5.91 Å². The molecule has 1 N–H and O–H groups in total. The highest BCUT2D eigenvalue weighted by atomic mass is 79.9. The van der Waals surface area contributed by atoms with Gasteiger partial charge in [-0.15, -0.1) is 11.8 Å². The molecule has 0 spiro atoms. The number of anilines is 1. The zero-order chi connectivity index (χ0) is 25.7. The fourth-order valence-corrected chi connectivity index (χ4v) is 6.83. The van der Waals surface area contributed by atoms with Crippen LogP contribution in [0.5, 0.6) is 5.75 Å². The van der Waals surface area contributed by atoms with Crippen LogP contribution in [0.1, 0.15) is 26.7 Å². The Labute approximate surface area is 230 Å². The van der Waals surface area contributed by atoms with Gasteiger partial charge in [0, 0.05) is 11.0 Å².